The third kappa shape index (κ3) is 2.16. The van der Waals surface area contributed by atoms with Gasteiger partial charge in [-0.25, -0.2) is 0 Å². The van der Waals surface area contributed by atoms with Crippen molar-refractivity contribution in [2.75, 3.05) is 19.7 Å². The standard InChI is InChI=1S/C19H24N2O4/c22-9-13-14-8-21(10-19(14)6-5-16(13)25-19)18(24)12-7-11-3-1-2-4-15(11)20-17(12)23/h7,13-14,16,22H,1-6,8-10H2,(H,20,23)/t13-,14+,16+,19+/m1/s1. The fraction of sp³-hybridized carbons (Fsp3) is 0.684. The van der Waals surface area contributed by atoms with E-state index < -0.39 is 0 Å². The molecule has 0 aromatic carbocycles. The molecule has 0 radical (unpaired) electrons. The van der Waals surface area contributed by atoms with E-state index in [4.69, 9.17) is 4.74 Å². The lowest BCUT2D eigenvalue weighted by Gasteiger charge is -2.27. The van der Waals surface area contributed by atoms with E-state index in [1.54, 1.807) is 4.90 Å². The fourth-order valence-corrected chi connectivity index (χ4v) is 5.59. The van der Waals surface area contributed by atoms with Gasteiger partial charge in [0.1, 0.15) is 5.56 Å². The molecule has 6 nitrogen and oxygen atoms in total. The molecule has 134 valence electrons. The Hall–Kier alpha value is -1.66. The molecule has 25 heavy (non-hydrogen) atoms. The number of nitrogens with zero attached hydrogens (tertiary/aromatic N) is 1. The van der Waals surface area contributed by atoms with Crippen molar-refractivity contribution in [3.63, 3.8) is 0 Å². The van der Waals surface area contributed by atoms with Crippen molar-refractivity contribution in [3.05, 3.63) is 33.2 Å². The van der Waals surface area contributed by atoms with Crippen molar-refractivity contribution in [3.8, 4) is 0 Å². The summed E-state index contributed by atoms with van der Waals surface area (Å²) in [5.41, 5.74) is 1.79. The van der Waals surface area contributed by atoms with Gasteiger partial charge in [0, 0.05) is 30.7 Å². The first-order valence-electron chi connectivity index (χ1n) is 9.44. The molecule has 2 N–H and O–H groups in total. The molecule has 3 aliphatic heterocycles. The number of carbonyl (C=O) groups excluding carboxylic acids is 1. The van der Waals surface area contributed by atoms with Crippen LogP contribution in [0.15, 0.2) is 10.9 Å². The Kier molecular flexibility index (Phi) is 3.38. The Morgan fingerprint density at radius 3 is 3.08 bits per heavy atom. The lowest BCUT2D eigenvalue weighted by molar-refractivity contribution is 0.00152. The summed E-state index contributed by atoms with van der Waals surface area (Å²) >= 11 is 0. The predicted molar refractivity (Wildman–Crippen MR) is 90.5 cm³/mol. The quantitative estimate of drug-likeness (QED) is 0.834. The molecule has 0 saturated carbocycles. The van der Waals surface area contributed by atoms with Gasteiger partial charge in [-0.15, -0.1) is 0 Å². The third-order valence-electron chi connectivity index (χ3n) is 6.85. The Morgan fingerprint density at radius 1 is 1.40 bits per heavy atom. The van der Waals surface area contributed by atoms with E-state index in [1.165, 1.54) is 0 Å². The molecule has 1 aromatic heterocycles. The van der Waals surface area contributed by atoms with Crippen LogP contribution < -0.4 is 5.56 Å². The zero-order chi connectivity index (χ0) is 17.2. The van der Waals surface area contributed by atoms with Crippen molar-refractivity contribution < 1.29 is 14.6 Å². The van der Waals surface area contributed by atoms with E-state index in [0.717, 1.165) is 49.8 Å². The smallest absolute Gasteiger partial charge is 0.261 e. The van der Waals surface area contributed by atoms with Gasteiger partial charge in [-0.3, -0.25) is 9.59 Å². The molecule has 3 saturated heterocycles. The van der Waals surface area contributed by atoms with E-state index in [-0.39, 0.29) is 47.2 Å². The van der Waals surface area contributed by atoms with Crippen LogP contribution in [0.25, 0.3) is 0 Å². The maximum Gasteiger partial charge on any atom is 0.261 e. The number of aromatic amines is 1. The van der Waals surface area contributed by atoms with Gasteiger partial charge in [0.2, 0.25) is 0 Å². The molecule has 0 unspecified atom stereocenters. The average Bonchev–Trinajstić information content (AvgIpc) is 3.28. The van der Waals surface area contributed by atoms with E-state index in [0.29, 0.717) is 13.1 Å². The SMILES string of the molecule is O=C(c1cc2c([nH]c1=O)CCCC2)N1C[C@H]2[C@@H](CO)[C@@H]3CC[C@@]2(C1)O3. The second kappa shape index (κ2) is 5.42. The topological polar surface area (TPSA) is 82.6 Å². The normalized spacial score (nSPS) is 35.7. The van der Waals surface area contributed by atoms with E-state index in [1.807, 2.05) is 6.07 Å². The zero-order valence-corrected chi connectivity index (χ0v) is 14.3. The molecule has 1 spiro atoms. The number of hydrogen-bond acceptors (Lipinski definition) is 4. The number of amides is 1. The third-order valence-corrected chi connectivity index (χ3v) is 6.85. The minimum atomic E-state index is -0.297. The first-order chi connectivity index (χ1) is 12.1. The van der Waals surface area contributed by atoms with Crippen LogP contribution in [0.1, 0.15) is 47.3 Å². The molecular formula is C19H24N2O4. The second-order valence-corrected chi connectivity index (χ2v) is 8.12. The van der Waals surface area contributed by atoms with E-state index in [9.17, 15) is 14.7 Å². The van der Waals surface area contributed by atoms with Crippen molar-refractivity contribution in [1.29, 1.82) is 0 Å². The number of nitrogens with one attached hydrogen (secondary N) is 1. The zero-order valence-electron chi connectivity index (χ0n) is 14.3. The summed E-state index contributed by atoms with van der Waals surface area (Å²) in [5, 5.41) is 9.71. The van der Waals surface area contributed by atoms with Crippen LogP contribution in [0.3, 0.4) is 0 Å². The summed E-state index contributed by atoms with van der Waals surface area (Å²) in [7, 11) is 0. The lowest BCUT2D eigenvalue weighted by atomic mass is 9.74. The Labute approximate surface area is 146 Å². The monoisotopic (exact) mass is 344 g/mol. The number of fused-ring (bicyclic) bond motifs is 2. The second-order valence-electron chi connectivity index (χ2n) is 8.12. The van der Waals surface area contributed by atoms with Gasteiger partial charge in [-0.2, -0.15) is 0 Å². The summed E-state index contributed by atoms with van der Waals surface area (Å²) in [6, 6.07) is 1.81. The van der Waals surface area contributed by atoms with Crippen LogP contribution in [0, 0.1) is 11.8 Å². The van der Waals surface area contributed by atoms with Crippen molar-refractivity contribution in [2.24, 2.45) is 11.8 Å². The van der Waals surface area contributed by atoms with Crippen LogP contribution in [-0.4, -0.2) is 52.3 Å². The van der Waals surface area contributed by atoms with Crippen LogP contribution in [0.2, 0.25) is 0 Å². The van der Waals surface area contributed by atoms with E-state index >= 15 is 0 Å². The van der Waals surface area contributed by atoms with Crippen molar-refractivity contribution in [1.82, 2.24) is 9.88 Å². The molecule has 6 heteroatoms. The highest BCUT2D eigenvalue weighted by Gasteiger charge is 2.63. The first-order valence-corrected chi connectivity index (χ1v) is 9.44. The number of hydrogen-bond donors (Lipinski definition) is 2. The molecule has 1 aliphatic carbocycles. The molecule has 4 aliphatic rings. The first kappa shape index (κ1) is 15.6. The molecule has 5 rings (SSSR count). The predicted octanol–water partition coefficient (Wildman–Crippen LogP) is 0.866. The van der Waals surface area contributed by atoms with Gasteiger partial charge in [0.15, 0.2) is 0 Å². The van der Waals surface area contributed by atoms with Crippen LogP contribution in [-0.2, 0) is 17.6 Å². The number of aliphatic hydroxyl groups excluding tert-OH is 1. The van der Waals surface area contributed by atoms with Crippen molar-refractivity contribution in [2.45, 2.75) is 50.2 Å². The Bertz CT molecular complexity index is 788. The van der Waals surface area contributed by atoms with Crippen LogP contribution in [0.5, 0.6) is 0 Å². The van der Waals surface area contributed by atoms with Gasteiger partial charge in [0.05, 0.1) is 18.2 Å². The molecule has 4 atom stereocenters. The summed E-state index contributed by atoms with van der Waals surface area (Å²) in [4.78, 5) is 30.2. The Morgan fingerprint density at radius 2 is 2.24 bits per heavy atom. The van der Waals surface area contributed by atoms with Gasteiger partial charge >= 0.3 is 0 Å². The highest BCUT2D eigenvalue weighted by molar-refractivity contribution is 5.94. The number of aryl methyl sites for hydroxylation is 2. The summed E-state index contributed by atoms with van der Waals surface area (Å²) in [6.07, 6.45) is 6.06. The minimum absolute atomic E-state index is 0.110. The largest absolute Gasteiger partial charge is 0.396 e. The molecule has 1 aromatic rings. The maximum atomic E-state index is 13.0. The number of carbonyl (C=O) groups is 1. The number of H-pyrrole nitrogens is 1. The van der Waals surface area contributed by atoms with Gasteiger partial charge in [-0.1, -0.05) is 0 Å². The van der Waals surface area contributed by atoms with Gasteiger partial charge < -0.3 is 19.7 Å². The van der Waals surface area contributed by atoms with Crippen LogP contribution in [0.4, 0.5) is 0 Å². The lowest BCUT2D eigenvalue weighted by Crippen LogP contribution is -2.38. The molecule has 1 amide bonds. The molecule has 2 bridgehead atoms. The number of rotatable bonds is 2. The molecular weight excluding hydrogens is 320 g/mol. The number of ether oxygens (including phenoxy) is 1. The van der Waals surface area contributed by atoms with Gasteiger partial charge in [-0.05, 0) is 50.2 Å². The summed E-state index contributed by atoms with van der Waals surface area (Å²) in [6.45, 7) is 1.23. The summed E-state index contributed by atoms with van der Waals surface area (Å²) < 4.78 is 6.18. The average molecular weight is 344 g/mol. The summed E-state index contributed by atoms with van der Waals surface area (Å²) in [5.74, 6) is 0.118. The minimum Gasteiger partial charge on any atom is -0.396 e. The van der Waals surface area contributed by atoms with Crippen LogP contribution >= 0.6 is 0 Å². The number of pyridine rings is 1. The number of aliphatic hydroxyl groups is 1. The highest BCUT2D eigenvalue weighted by atomic mass is 16.5. The Balaban J connectivity index is 1.44. The number of likely N-dealkylation sites (tertiary alicyclic amines) is 1. The highest BCUT2D eigenvalue weighted by Crippen LogP contribution is 2.54. The van der Waals surface area contributed by atoms with Gasteiger partial charge in [0.25, 0.3) is 11.5 Å². The molecule has 3 fully saturated rings. The van der Waals surface area contributed by atoms with Crippen molar-refractivity contribution >= 4 is 5.91 Å². The molecule has 4 heterocycles. The van der Waals surface area contributed by atoms with E-state index in [2.05, 4.69) is 4.98 Å². The fourth-order valence-electron chi connectivity index (χ4n) is 5.59. The maximum absolute atomic E-state index is 13.0. The number of aromatic nitrogens is 1.